The zero-order valence-electron chi connectivity index (χ0n) is 25.3. The van der Waals surface area contributed by atoms with Crippen LogP contribution in [0.3, 0.4) is 0 Å². The Balaban J connectivity index is 0.000000209. The van der Waals surface area contributed by atoms with Gasteiger partial charge < -0.3 is 10.0 Å². The van der Waals surface area contributed by atoms with Crippen molar-refractivity contribution in [2.75, 3.05) is 6.54 Å². The number of aromatic carboxylic acids is 1. The third-order valence-electron chi connectivity index (χ3n) is 9.93. The number of amides is 1. The maximum atomic E-state index is 13.3. The first-order valence-corrected chi connectivity index (χ1v) is 15.6. The Kier molecular flexibility index (Phi) is 10.0. The molecule has 5 rings (SSSR count). The largest absolute Gasteiger partial charge is 0.478 e. The summed E-state index contributed by atoms with van der Waals surface area (Å²) >= 11 is 0. The monoisotopic (exact) mass is 586 g/mol. The second-order valence-corrected chi connectivity index (χ2v) is 12.8. The average Bonchev–Trinajstić information content (AvgIpc) is 3.51. The van der Waals surface area contributed by atoms with E-state index in [2.05, 4.69) is 38.7 Å². The molecule has 2 aromatic rings. The van der Waals surface area contributed by atoms with E-state index in [1.54, 1.807) is 11.0 Å². The summed E-state index contributed by atoms with van der Waals surface area (Å²) in [5.74, 6) is 1.41. The van der Waals surface area contributed by atoms with E-state index >= 15 is 0 Å². The normalized spacial score (nSPS) is 24.7. The lowest BCUT2D eigenvalue weighted by atomic mass is 9.78. The van der Waals surface area contributed by atoms with Gasteiger partial charge in [0, 0.05) is 31.4 Å². The van der Waals surface area contributed by atoms with E-state index in [1.807, 2.05) is 12.1 Å². The van der Waals surface area contributed by atoms with E-state index in [0.29, 0.717) is 53.5 Å². The predicted molar refractivity (Wildman–Crippen MR) is 157 cm³/mol. The Labute approximate surface area is 247 Å². The molecule has 1 aromatic heterocycles. The van der Waals surface area contributed by atoms with Crippen molar-refractivity contribution in [3.63, 3.8) is 0 Å². The molecule has 2 fully saturated rings. The number of hydrogen-bond donors (Lipinski definition) is 1. The van der Waals surface area contributed by atoms with Crippen LogP contribution in [0.4, 0.5) is 13.2 Å². The summed E-state index contributed by atoms with van der Waals surface area (Å²) < 4.78 is 38.9. The second kappa shape index (κ2) is 13.2. The molecule has 5 nitrogen and oxygen atoms in total. The van der Waals surface area contributed by atoms with Crippen LogP contribution in [-0.2, 0) is 23.9 Å². The molecule has 2 aliphatic carbocycles. The van der Waals surface area contributed by atoms with Crippen molar-refractivity contribution < 1.29 is 27.9 Å². The van der Waals surface area contributed by atoms with Crippen LogP contribution in [0.5, 0.6) is 0 Å². The van der Waals surface area contributed by atoms with Crippen LogP contribution < -0.4 is 0 Å². The summed E-state index contributed by atoms with van der Waals surface area (Å²) in [5.41, 5.74) is 1.81. The molecular formula is C34H45F3N2O3. The van der Waals surface area contributed by atoms with Crippen molar-refractivity contribution >= 4 is 11.9 Å². The van der Waals surface area contributed by atoms with Gasteiger partial charge in [-0.3, -0.25) is 9.78 Å². The third-order valence-corrected chi connectivity index (χ3v) is 9.93. The third kappa shape index (κ3) is 6.84. The molecule has 0 saturated heterocycles. The van der Waals surface area contributed by atoms with Gasteiger partial charge in [0.25, 0.3) is 0 Å². The van der Waals surface area contributed by atoms with E-state index in [-0.39, 0.29) is 17.9 Å². The number of carboxylic acid groups (broad SMARTS) is 1. The van der Waals surface area contributed by atoms with Crippen molar-refractivity contribution in [2.24, 2.45) is 23.2 Å². The lowest BCUT2D eigenvalue weighted by Crippen LogP contribution is -2.46. The lowest BCUT2D eigenvalue weighted by Gasteiger charge is -2.37. The highest BCUT2D eigenvalue weighted by atomic mass is 19.4. The van der Waals surface area contributed by atoms with E-state index in [1.165, 1.54) is 11.6 Å². The van der Waals surface area contributed by atoms with Crippen LogP contribution in [0.15, 0.2) is 36.5 Å². The molecule has 1 aliphatic heterocycles. The number of rotatable bonds is 7. The summed E-state index contributed by atoms with van der Waals surface area (Å²) in [7, 11) is 0. The van der Waals surface area contributed by atoms with Gasteiger partial charge in [-0.05, 0) is 85.1 Å². The predicted octanol–water partition coefficient (Wildman–Crippen LogP) is 8.52. The van der Waals surface area contributed by atoms with Gasteiger partial charge in [0.2, 0.25) is 5.91 Å². The molecule has 1 amide bonds. The Morgan fingerprint density at radius 3 is 2.64 bits per heavy atom. The molecule has 0 radical (unpaired) electrons. The van der Waals surface area contributed by atoms with Gasteiger partial charge in [0.05, 0.1) is 16.5 Å². The number of aromatic nitrogens is 1. The van der Waals surface area contributed by atoms with Crippen molar-refractivity contribution in [2.45, 2.75) is 104 Å². The first kappa shape index (κ1) is 32.0. The summed E-state index contributed by atoms with van der Waals surface area (Å²) in [6, 6.07) is 8.56. The molecule has 0 bridgehead atoms. The molecular weight excluding hydrogens is 541 g/mol. The van der Waals surface area contributed by atoms with E-state index < -0.39 is 17.7 Å². The second-order valence-electron chi connectivity index (χ2n) is 12.8. The number of alkyl halides is 3. The summed E-state index contributed by atoms with van der Waals surface area (Å²) in [6.07, 6.45) is 5.60. The SMILES string of the molecule is CC1CC2CCCC2(C(=O)N2CCc3ncc(C(F)(F)F)cc3C2)C1.CCC[C@H](c1cccc(C(=O)O)c1)C(C)CC. The molecule has 1 aromatic carbocycles. The molecule has 8 heteroatoms. The number of carbonyl (C=O) groups is 2. The van der Waals surface area contributed by atoms with Gasteiger partial charge in [0.15, 0.2) is 0 Å². The summed E-state index contributed by atoms with van der Waals surface area (Å²) in [5, 5.41) is 9.02. The molecule has 1 N–H and O–H groups in total. The zero-order valence-corrected chi connectivity index (χ0v) is 25.3. The molecule has 2 saturated carbocycles. The van der Waals surface area contributed by atoms with Crippen LogP contribution in [0.2, 0.25) is 0 Å². The topological polar surface area (TPSA) is 70.5 Å². The molecule has 0 spiro atoms. The molecule has 230 valence electrons. The minimum Gasteiger partial charge on any atom is -0.478 e. The standard InChI is InChI=1S/C19H23F3N2O.C15H22O2/c1-12-7-14-3-2-5-18(14,9-12)17(25)24-6-4-16-13(11-24)8-15(10-23-16)19(20,21)22;1-4-7-14(11(3)5-2)12-8-6-9-13(10-12)15(16)17/h8,10,12,14H,2-7,9,11H2,1H3;6,8-11,14H,4-5,7H2,1-3H3,(H,16,17)/t;11?,14-/m.0/s1. The summed E-state index contributed by atoms with van der Waals surface area (Å²) in [4.78, 5) is 30.1. The zero-order chi connectivity index (χ0) is 30.7. The summed E-state index contributed by atoms with van der Waals surface area (Å²) in [6.45, 7) is 9.64. The molecule has 4 unspecified atom stereocenters. The lowest BCUT2D eigenvalue weighted by molar-refractivity contribution is -0.144. The maximum Gasteiger partial charge on any atom is 0.417 e. The van der Waals surface area contributed by atoms with Crippen molar-refractivity contribution in [1.82, 2.24) is 9.88 Å². The van der Waals surface area contributed by atoms with Gasteiger partial charge in [-0.2, -0.15) is 13.2 Å². The Morgan fingerprint density at radius 1 is 1.21 bits per heavy atom. The molecule has 3 aliphatic rings. The molecule has 42 heavy (non-hydrogen) atoms. The fourth-order valence-electron chi connectivity index (χ4n) is 7.66. The van der Waals surface area contributed by atoms with Crippen LogP contribution in [0, 0.1) is 23.2 Å². The van der Waals surface area contributed by atoms with Gasteiger partial charge >= 0.3 is 12.1 Å². The van der Waals surface area contributed by atoms with Crippen molar-refractivity contribution in [3.05, 3.63) is 64.5 Å². The fraction of sp³-hybridized carbons (Fsp3) is 0.618. The average molecular weight is 587 g/mol. The van der Waals surface area contributed by atoms with E-state index in [4.69, 9.17) is 5.11 Å². The highest BCUT2D eigenvalue weighted by Gasteiger charge is 2.55. The van der Waals surface area contributed by atoms with Crippen LogP contribution >= 0.6 is 0 Å². The number of halogens is 3. The highest BCUT2D eigenvalue weighted by molar-refractivity contribution is 5.87. The first-order chi connectivity index (χ1) is 19.9. The molecule has 2 heterocycles. The van der Waals surface area contributed by atoms with Gasteiger partial charge in [0.1, 0.15) is 0 Å². The first-order valence-electron chi connectivity index (χ1n) is 15.6. The van der Waals surface area contributed by atoms with Gasteiger partial charge in [-0.25, -0.2) is 4.79 Å². The quantitative estimate of drug-likeness (QED) is 0.353. The highest BCUT2D eigenvalue weighted by Crippen LogP contribution is 2.57. The number of fused-ring (bicyclic) bond motifs is 2. The Morgan fingerprint density at radius 2 is 1.98 bits per heavy atom. The van der Waals surface area contributed by atoms with Crippen LogP contribution in [0.25, 0.3) is 0 Å². The molecule has 5 atom stereocenters. The van der Waals surface area contributed by atoms with Crippen LogP contribution in [0.1, 0.15) is 118 Å². The van der Waals surface area contributed by atoms with Gasteiger partial charge in [-0.1, -0.05) is 59.1 Å². The number of pyridine rings is 1. The van der Waals surface area contributed by atoms with E-state index in [9.17, 15) is 22.8 Å². The van der Waals surface area contributed by atoms with Crippen molar-refractivity contribution in [3.8, 4) is 0 Å². The fourth-order valence-corrected chi connectivity index (χ4v) is 7.66. The smallest absolute Gasteiger partial charge is 0.417 e. The number of nitrogens with zero attached hydrogens (tertiary/aromatic N) is 2. The van der Waals surface area contributed by atoms with Gasteiger partial charge in [-0.15, -0.1) is 0 Å². The van der Waals surface area contributed by atoms with Crippen molar-refractivity contribution in [1.29, 1.82) is 0 Å². The number of hydrogen-bond acceptors (Lipinski definition) is 3. The Hall–Kier alpha value is -2.90. The van der Waals surface area contributed by atoms with Crippen LogP contribution in [-0.4, -0.2) is 33.4 Å². The Bertz CT molecular complexity index is 1260. The number of carboxylic acids is 1. The number of benzene rings is 1. The maximum absolute atomic E-state index is 13.3. The van der Waals surface area contributed by atoms with E-state index in [0.717, 1.165) is 57.6 Å². The minimum absolute atomic E-state index is 0.169. The number of carbonyl (C=O) groups excluding carboxylic acids is 1. The minimum atomic E-state index is -4.40.